The molecule has 0 heterocycles. The van der Waals surface area contributed by atoms with Crippen LogP contribution in [0.15, 0.2) is 12.2 Å². The van der Waals surface area contributed by atoms with Gasteiger partial charge < -0.3 is 0 Å². The Balaban J connectivity index is 3.02. The van der Waals surface area contributed by atoms with Crippen LogP contribution in [0, 0.1) is 11.8 Å². The summed E-state index contributed by atoms with van der Waals surface area (Å²) in [5.74, 6) is 6.18. The summed E-state index contributed by atoms with van der Waals surface area (Å²) < 4.78 is 0. The van der Waals surface area contributed by atoms with Crippen molar-refractivity contribution in [1.29, 1.82) is 0 Å². The van der Waals surface area contributed by atoms with Gasteiger partial charge in [0.25, 0.3) is 0 Å². The summed E-state index contributed by atoms with van der Waals surface area (Å²) in [7, 11) is 0. The van der Waals surface area contributed by atoms with Gasteiger partial charge in [0.1, 0.15) is 0 Å². The highest BCUT2D eigenvalue weighted by Crippen LogP contribution is 2.08. The molecule has 0 heteroatoms. The summed E-state index contributed by atoms with van der Waals surface area (Å²) >= 11 is 0. The molecule has 0 aliphatic carbocycles. The molecule has 0 unspecified atom stereocenters. The number of hydrogen-bond acceptors (Lipinski definition) is 0. The molecule has 0 spiro atoms. The molecule has 0 aromatic rings. The van der Waals surface area contributed by atoms with Gasteiger partial charge in [-0.15, -0.1) is 0 Å². The fourth-order valence-electron chi connectivity index (χ4n) is 1.56. The topological polar surface area (TPSA) is 0 Å². The predicted molar refractivity (Wildman–Crippen MR) is 69.8 cm³/mol. The van der Waals surface area contributed by atoms with E-state index in [9.17, 15) is 0 Å². The molecule has 15 heavy (non-hydrogen) atoms. The molecule has 0 aromatic heterocycles. The molecule has 0 nitrogen and oxygen atoms in total. The van der Waals surface area contributed by atoms with E-state index >= 15 is 0 Å². The molecule has 0 fully saturated rings. The van der Waals surface area contributed by atoms with Crippen molar-refractivity contribution < 1.29 is 0 Å². The van der Waals surface area contributed by atoms with Crippen LogP contribution in [0.1, 0.15) is 71.6 Å². The van der Waals surface area contributed by atoms with Crippen LogP contribution in [-0.2, 0) is 0 Å². The zero-order chi connectivity index (χ0) is 11.2. The quantitative estimate of drug-likeness (QED) is 0.383. The SMILES string of the molecule is C/C=C/C#CCCCCCCCCCC. The molecule has 0 bridgehead atoms. The highest BCUT2D eigenvalue weighted by molar-refractivity contribution is 5.14. The fourth-order valence-corrected chi connectivity index (χ4v) is 1.56. The van der Waals surface area contributed by atoms with E-state index < -0.39 is 0 Å². The summed E-state index contributed by atoms with van der Waals surface area (Å²) in [5, 5.41) is 0. The van der Waals surface area contributed by atoms with Crippen molar-refractivity contribution in [2.24, 2.45) is 0 Å². The zero-order valence-corrected chi connectivity index (χ0v) is 10.5. The monoisotopic (exact) mass is 206 g/mol. The number of hydrogen-bond donors (Lipinski definition) is 0. The van der Waals surface area contributed by atoms with Gasteiger partial charge in [0, 0.05) is 6.42 Å². The van der Waals surface area contributed by atoms with E-state index in [1.807, 2.05) is 19.1 Å². The lowest BCUT2D eigenvalue weighted by Gasteiger charge is -1.98. The summed E-state index contributed by atoms with van der Waals surface area (Å²) in [6.07, 6.45) is 16.0. The lowest BCUT2D eigenvalue weighted by molar-refractivity contribution is 0.579. The minimum Gasteiger partial charge on any atom is -0.0985 e. The van der Waals surface area contributed by atoms with Gasteiger partial charge in [-0.3, -0.25) is 0 Å². The van der Waals surface area contributed by atoms with Gasteiger partial charge in [-0.2, -0.15) is 0 Å². The summed E-state index contributed by atoms with van der Waals surface area (Å²) in [6.45, 7) is 4.27. The smallest absolute Gasteiger partial charge is 0.00922 e. The van der Waals surface area contributed by atoms with Crippen molar-refractivity contribution in [1.82, 2.24) is 0 Å². The van der Waals surface area contributed by atoms with Crippen LogP contribution in [0.5, 0.6) is 0 Å². The van der Waals surface area contributed by atoms with Gasteiger partial charge in [0.15, 0.2) is 0 Å². The zero-order valence-electron chi connectivity index (χ0n) is 10.5. The van der Waals surface area contributed by atoms with E-state index in [0.29, 0.717) is 0 Å². The molecule has 0 radical (unpaired) electrons. The Hall–Kier alpha value is -0.700. The van der Waals surface area contributed by atoms with E-state index in [1.165, 1.54) is 51.4 Å². The number of allylic oxidation sites excluding steroid dienone is 2. The van der Waals surface area contributed by atoms with Crippen LogP contribution >= 0.6 is 0 Å². The Morgan fingerprint density at radius 2 is 1.47 bits per heavy atom. The first-order chi connectivity index (χ1) is 7.41. The molecule has 0 saturated heterocycles. The van der Waals surface area contributed by atoms with E-state index in [2.05, 4.69) is 18.8 Å². The van der Waals surface area contributed by atoms with Gasteiger partial charge in [0.05, 0.1) is 0 Å². The van der Waals surface area contributed by atoms with Gasteiger partial charge in [-0.1, -0.05) is 69.8 Å². The third-order valence-corrected chi connectivity index (χ3v) is 2.51. The molecule has 0 N–H and O–H groups in total. The average molecular weight is 206 g/mol. The molecule has 0 amide bonds. The number of unbranched alkanes of at least 4 members (excludes halogenated alkanes) is 8. The molecular weight excluding hydrogens is 180 g/mol. The van der Waals surface area contributed by atoms with Crippen molar-refractivity contribution >= 4 is 0 Å². The Labute approximate surface area is 96.2 Å². The molecule has 0 saturated carbocycles. The Kier molecular flexibility index (Phi) is 12.7. The van der Waals surface area contributed by atoms with Crippen LogP contribution < -0.4 is 0 Å². The normalized spacial score (nSPS) is 10.3. The largest absolute Gasteiger partial charge is 0.0985 e. The molecule has 0 atom stereocenters. The third kappa shape index (κ3) is 13.3. The van der Waals surface area contributed by atoms with Crippen LogP contribution in [0.4, 0.5) is 0 Å². The van der Waals surface area contributed by atoms with Gasteiger partial charge >= 0.3 is 0 Å². The van der Waals surface area contributed by atoms with E-state index in [-0.39, 0.29) is 0 Å². The van der Waals surface area contributed by atoms with Crippen molar-refractivity contribution in [3.63, 3.8) is 0 Å². The third-order valence-electron chi connectivity index (χ3n) is 2.51. The first-order valence-electron chi connectivity index (χ1n) is 6.51. The lowest BCUT2D eigenvalue weighted by Crippen LogP contribution is -1.79. The highest BCUT2D eigenvalue weighted by atomic mass is 14.0. The van der Waals surface area contributed by atoms with Crippen LogP contribution in [0.3, 0.4) is 0 Å². The van der Waals surface area contributed by atoms with E-state index in [0.717, 1.165) is 6.42 Å². The Bertz CT molecular complexity index is 190. The second kappa shape index (κ2) is 13.3. The van der Waals surface area contributed by atoms with Gasteiger partial charge in [0.2, 0.25) is 0 Å². The second-order valence-corrected chi connectivity index (χ2v) is 4.05. The Morgan fingerprint density at radius 1 is 0.867 bits per heavy atom. The lowest BCUT2D eigenvalue weighted by atomic mass is 10.1. The summed E-state index contributed by atoms with van der Waals surface area (Å²) in [5.41, 5.74) is 0. The summed E-state index contributed by atoms with van der Waals surface area (Å²) in [6, 6.07) is 0. The van der Waals surface area contributed by atoms with Gasteiger partial charge in [-0.25, -0.2) is 0 Å². The van der Waals surface area contributed by atoms with Crippen molar-refractivity contribution in [2.75, 3.05) is 0 Å². The molecule has 0 aromatic carbocycles. The highest BCUT2D eigenvalue weighted by Gasteiger charge is 1.89. The second-order valence-electron chi connectivity index (χ2n) is 4.05. The average Bonchev–Trinajstić information content (AvgIpc) is 2.26. The van der Waals surface area contributed by atoms with E-state index in [1.54, 1.807) is 0 Å². The first-order valence-corrected chi connectivity index (χ1v) is 6.51. The maximum absolute atomic E-state index is 3.16. The van der Waals surface area contributed by atoms with Gasteiger partial charge in [-0.05, 0) is 19.4 Å². The maximum atomic E-state index is 3.16. The predicted octanol–water partition coefficient (Wildman–Crippen LogP) is 5.10. The first kappa shape index (κ1) is 14.3. The maximum Gasteiger partial charge on any atom is 0.00922 e. The van der Waals surface area contributed by atoms with E-state index in [4.69, 9.17) is 0 Å². The molecular formula is C15H26. The molecule has 86 valence electrons. The molecule has 0 rings (SSSR count). The minimum atomic E-state index is 1.07. The van der Waals surface area contributed by atoms with Crippen molar-refractivity contribution in [3.05, 3.63) is 12.2 Å². The van der Waals surface area contributed by atoms with Crippen LogP contribution in [-0.4, -0.2) is 0 Å². The summed E-state index contributed by atoms with van der Waals surface area (Å²) in [4.78, 5) is 0. The number of rotatable bonds is 8. The molecule has 0 aliphatic rings. The van der Waals surface area contributed by atoms with Crippen LogP contribution in [0.2, 0.25) is 0 Å². The van der Waals surface area contributed by atoms with Crippen LogP contribution in [0.25, 0.3) is 0 Å². The minimum absolute atomic E-state index is 1.07. The van der Waals surface area contributed by atoms with Crippen molar-refractivity contribution in [3.8, 4) is 11.8 Å². The molecule has 0 aliphatic heterocycles. The fraction of sp³-hybridized carbons (Fsp3) is 0.733. The standard InChI is InChI=1S/C15H26/c1-3-5-7-9-11-13-15-14-12-10-8-6-4-2/h3,5H,4,6,8,10-15H2,1-2H3/b5-3+. The van der Waals surface area contributed by atoms with Crippen molar-refractivity contribution in [2.45, 2.75) is 71.6 Å². The Morgan fingerprint density at radius 3 is 2.07 bits per heavy atom.